The number of phenols is 1. The number of carbonyl (C=O) groups excluding carboxylic acids is 1. The molecule has 8 heteroatoms. The molecular weight excluding hydrogens is 328 g/mol. The molecule has 0 fully saturated rings. The quantitative estimate of drug-likeness (QED) is 0.773. The van der Waals surface area contributed by atoms with Crippen LogP contribution in [-0.4, -0.2) is 56.8 Å². The molecule has 1 amide bonds. The maximum atomic E-state index is 12.0. The lowest BCUT2D eigenvalue weighted by atomic mass is 10.2. The average molecular weight is 351 g/mol. The Morgan fingerprint density at radius 1 is 1.27 bits per heavy atom. The Bertz CT molecular complexity index is 601. The minimum atomic E-state index is -3.42. The topological polar surface area (TPSA) is 86.7 Å². The van der Waals surface area contributed by atoms with E-state index in [0.717, 1.165) is 19.3 Å². The second-order valence-corrected chi connectivity index (χ2v) is 6.75. The number of nitrogens with one attached hydrogen (secondary N) is 1. The first-order valence-corrected chi connectivity index (χ1v) is 8.72. The molecule has 1 aromatic rings. The van der Waals surface area contributed by atoms with E-state index < -0.39 is 15.7 Å². The first-order chi connectivity index (χ1) is 9.79. The van der Waals surface area contributed by atoms with Crippen molar-refractivity contribution in [3.8, 4) is 5.75 Å². The highest BCUT2D eigenvalue weighted by atomic mass is 35.5. The Hall–Kier alpha value is -1.31. The van der Waals surface area contributed by atoms with Gasteiger partial charge in [0.1, 0.15) is 5.75 Å². The molecular formula is C14H23ClN2O4S. The fraction of sp³-hybridized carbons (Fsp3) is 0.500. The second kappa shape index (κ2) is 8.97. The Morgan fingerprint density at radius 3 is 2.36 bits per heavy atom. The number of hydrogen-bond acceptors (Lipinski definition) is 5. The van der Waals surface area contributed by atoms with Crippen molar-refractivity contribution in [1.82, 2.24) is 10.2 Å². The fourth-order valence-corrected chi connectivity index (χ4v) is 2.54. The van der Waals surface area contributed by atoms with Crippen molar-refractivity contribution >= 4 is 28.2 Å². The molecule has 0 spiro atoms. The summed E-state index contributed by atoms with van der Waals surface area (Å²) in [6.45, 7) is 6.98. The number of rotatable bonds is 7. The molecule has 126 valence electrons. The lowest BCUT2D eigenvalue weighted by molar-refractivity contribution is 0.0946. The van der Waals surface area contributed by atoms with E-state index in [1.54, 1.807) is 0 Å². The van der Waals surface area contributed by atoms with E-state index in [9.17, 15) is 18.3 Å². The Labute approximate surface area is 137 Å². The number of aromatic hydroxyl groups is 1. The van der Waals surface area contributed by atoms with Gasteiger partial charge in [0.15, 0.2) is 9.84 Å². The molecule has 1 rings (SSSR count). The Morgan fingerprint density at radius 2 is 1.86 bits per heavy atom. The van der Waals surface area contributed by atoms with Crippen LogP contribution in [0.4, 0.5) is 0 Å². The lowest BCUT2D eigenvalue weighted by Crippen LogP contribution is -2.34. The van der Waals surface area contributed by atoms with Crippen LogP contribution in [0.25, 0.3) is 0 Å². The molecule has 0 atom stereocenters. The molecule has 0 heterocycles. The van der Waals surface area contributed by atoms with Crippen LogP contribution in [0, 0.1) is 0 Å². The number of halogens is 1. The number of benzene rings is 1. The van der Waals surface area contributed by atoms with E-state index in [2.05, 4.69) is 10.2 Å². The third-order valence-electron chi connectivity index (χ3n) is 3.25. The molecule has 0 unspecified atom stereocenters. The van der Waals surface area contributed by atoms with Gasteiger partial charge >= 0.3 is 0 Å². The van der Waals surface area contributed by atoms with Crippen molar-refractivity contribution in [3.05, 3.63) is 23.8 Å². The zero-order valence-electron chi connectivity index (χ0n) is 13.0. The number of sulfone groups is 1. The van der Waals surface area contributed by atoms with Gasteiger partial charge < -0.3 is 15.3 Å². The lowest BCUT2D eigenvalue weighted by Gasteiger charge is -2.18. The Kier molecular flexibility index (Phi) is 8.44. The highest BCUT2D eigenvalue weighted by molar-refractivity contribution is 7.90. The highest BCUT2D eigenvalue weighted by Gasteiger charge is 2.15. The van der Waals surface area contributed by atoms with Crippen LogP contribution in [0.2, 0.25) is 0 Å². The van der Waals surface area contributed by atoms with Crippen molar-refractivity contribution in [2.24, 2.45) is 0 Å². The molecule has 1 aromatic carbocycles. The summed E-state index contributed by atoms with van der Waals surface area (Å²) in [4.78, 5) is 14.2. The third-order valence-corrected chi connectivity index (χ3v) is 4.36. The number of hydrogen-bond donors (Lipinski definition) is 2. The van der Waals surface area contributed by atoms with Crippen molar-refractivity contribution in [3.63, 3.8) is 0 Å². The number of nitrogens with zero attached hydrogens (tertiary/aromatic N) is 1. The summed E-state index contributed by atoms with van der Waals surface area (Å²) in [5.41, 5.74) is -0.0301. The first-order valence-electron chi connectivity index (χ1n) is 6.83. The number of phenolic OH excluding ortho intramolecular Hbond substituents is 1. The summed E-state index contributed by atoms with van der Waals surface area (Å²) in [6.07, 6.45) is 1.06. The summed E-state index contributed by atoms with van der Waals surface area (Å²) in [6, 6.07) is 3.68. The summed E-state index contributed by atoms with van der Waals surface area (Å²) in [5, 5.41) is 12.4. The average Bonchev–Trinajstić information content (AvgIpc) is 2.42. The molecule has 0 aliphatic heterocycles. The summed E-state index contributed by atoms with van der Waals surface area (Å²) < 4.78 is 23.0. The second-order valence-electron chi connectivity index (χ2n) is 4.73. The first kappa shape index (κ1) is 20.7. The fourth-order valence-electron chi connectivity index (χ4n) is 1.89. The summed E-state index contributed by atoms with van der Waals surface area (Å²) >= 11 is 0. The molecule has 0 saturated carbocycles. The van der Waals surface area contributed by atoms with Crippen LogP contribution in [0.1, 0.15) is 24.2 Å². The largest absolute Gasteiger partial charge is 0.507 e. The van der Waals surface area contributed by atoms with E-state index >= 15 is 0 Å². The van der Waals surface area contributed by atoms with Crippen LogP contribution >= 0.6 is 12.4 Å². The predicted molar refractivity (Wildman–Crippen MR) is 88.6 cm³/mol. The molecule has 0 bridgehead atoms. The van der Waals surface area contributed by atoms with Crippen molar-refractivity contribution in [2.75, 3.05) is 32.4 Å². The van der Waals surface area contributed by atoms with Crippen LogP contribution in [0.3, 0.4) is 0 Å². The van der Waals surface area contributed by atoms with Crippen LogP contribution in [0.15, 0.2) is 23.1 Å². The number of carbonyl (C=O) groups is 1. The highest BCUT2D eigenvalue weighted by Crippen LogP contribution is 2.21. The summed E-state index contributed by atoms with van der Waals surface area (Å²) in [7, 11) is -3.42. The molecule has 0 radical (unpaired) electrons. The smallest absolute Gasteiger partial charge is 0.255 e. The SMILES string of the molecule is CCN(CC)CCNC(=O)c1cc(S(C)(=O)=O)ccc1O.Cl. The van der Waals surface area contributed by atoms with E-state index in [1.165, 1.54) is 18.2 Å². The molecule has 2 N–H and O–H groups in total. The minimum Gasteiger partial charge on any atom is -0.507 e. The van der Waals surface area contributed by atoms with Gasteiger partial charge in [-0.1, -0.05) is 13.8 Å². The molecule has 0 aliphatic carbocycles. The van der Waals surface area contributed by atoms with Gasteiger partial charge in [0, 0.05) is 19.3 Å². The van der Waals surface area contributed by atoms with Gasteiger partial charge in [0.05, 0.1) is 10.5 Å². The maximum Gasteiger partial charge on any atom is 0.255 e. The van der Waals surface area contributed by atoms with Crippen LogP contribution in [0.5, 0.6) is 5.75 Å². The van der Waals surface area contributed by atoms with Gasteiger partial charge in [-0.05, 0) is 31.3 Å². The third kappa shape index (κ3) is 5.82. The zero-order valence-corrected chi connectivity index (χ0v) is 14.6. The summed E-state index contributed by atoms with van der Waals surface area (Å²) in [5.74, 6) is -0.715. The van der Waals surface area contributed by atoms with Crippen molar-refractivity contribution < 1.29 is 18.3 Å². The van der Waals surface area contributed by atoms with E-state index in [0.29, 0.717) is 13.1 Å². The van der Waals surface area contributed by atoms with Crippen molar-refractivity contribution in [2.45, 2.75) is 18.7 Å². The zero-order chi connectivity index (χ0) is 16.0. The number of amides is 1. The molecule has 22 heavy (non-hydrogen) atoms. The van der Waals surface area contributed by atoms with Crippen molar-refractivity contribution in [1.29, 1.82) is 0 Å². The van der Waals surface area contributed by atoms with E-state index in [1.807, 2.05) is 13.8 Å². The van der Waals surface area contributed by atoms with E-state index in [4.69, 9.17) is 0 Å². The van der Waals surface area contributed by atoms with E-state index in [-0.39, 0.29) is 28.6 Å². The minimum absolute atomic E-state index is 0. The standard InChI is InChI=1S/C14H22N2O4S.ClH/c1-4-16(5-2)9-8-15-14(18)12-10-11(21(3,19)20)6-7-13(12)17;/h6-7,10,17H,4-5,8-9H2,1-3H3,(H,15,18);1H. The molecule has 0 aliphatic rings. The normalized spacial score (nSPS) is 11.1. The molecule has 0 aromatic heterocycles. The van der Waals surface area contributed by atoms with Gasteiger partial charge in [-0.25, -0.2) is 8.42 Å². The van der Waals surface area contributed by atoms with Crippen LogP contribution < -0.4 is 5.32 Å². The van der Waals surface area contributed by atoms with Crippen LogP contribution in [-0.2, 0) is 9.84 Å². The monoisotopic (exact) mass is 350 g/mol. The molecule has 0 saturated heterocycles. The predicted octanol–water partition coefficient (Wildman–Crippen LogP) is 1.29. The molecule has 6 nitrogen and oxygen atoms in total. The van der Waals surface area contributed by atoms with Gasteiger partial charge in [-0.2, -0.15) is 0 Å². The van der Waals surface area contributed by atoms with Gasteiger partial charge in [0.2, 0.25) is 0 Å². The number of likely N-dealkylation sites (N-methyl/N-ethyl adjacent to an activating group) is 1. The van der Waals surface area contributed by atoms with Gasteiger partial charge in [0.25, 0.3) is 5.91 Å². The van der Waals surface area contributed by atoms with Gasteiger partial charge in [-0.3, -0.25) is 4.79 Å². The maximum absolute atomic E-state index is 12.0. The van der Waals surface area contributed by atoms with Gasteiger partial charge in [-0.15, -0.1) is 12.4 Å². The Balaban J connectivity index is 0.00000441.